The molecule has 162 valence electrons. The Kier molecular flexibility index (Phi) is 7.34. The van der Waals surface area contributed by atoms with Crippen LogP contribution in [-0.4, -0.2) is 35.2 Å². The second kappa shape index (κ2) is 9.97. The van der Waals surface area contributed by atoms with Crippen LogP contribution in [0.4, 0.5) is 0 Å². The Balaban J connectivity index is 1.69. The van der Waals surface area contributed by atoms with E-state index in [-0.39, 0.29) is 12.2 Å². The van der Waals surface area contributed by atoms with Gasteiger partial charge in [-0.1, -0.05) is 34.1 Å². The number of benzene rings is 2. The number of nitrogens with one attached hydrogen (secondary N) is 1. The molecule has 10 heteroatoms. The molecule has 0 aliphatic carbocycles. The standard InChI is InChI=1S/C21H20Br2N4O4/c1-13-16(21(29)27(26(13)2)15-7-5-4-6-8-15)11-24-25-19(28)12-31-20-17(23)9-14(22)10-18(20)30-3/h4-11H,12H2,1-3H3,(H,25,28)/b24-11-. The number of nitrogens with zero attached hydrogens (tertiary/aromatic N) is 3. The highest BCUT2D eigenvalue weighted by Crippen LogP contribution is 2.38. The van der Waals surface area contributed by atoms with Crippen molar-refractivity contribution in [2.45, 2.75) is 6.92 Å². The van der Waals surface area contributed by atoms with Crippen molar-refractivity contribution in [3.63, 3.8) is 0 Å². The van der Waals surface area contributed by atoms with Gasteiger partial charge in [-0.3, -0.25) is 14.3 Å². The third-order valence-corrected chi connectivity index (χ3v) is 5.57. The zero-order chi connectivity index (χ0) is 22.5. The van der Waals surface area contributed by atoms with Gasteiger partial charge in [0.1, 0.15) is 0 Å². The van der Waals surface area contributed by atoms with Crippen molar-refractivity contribution in [3.8, 4) is 17.2 Å². The number of hydrogen-bond donors (Lipinski definition) is 1. The molecule has 8 nitrogen and oxygen atoms in total. The van der Waals surface area contributed by atoms with Crippen molar-refractivity contribution < 1.29 is 14.3 Å². The number of hydrazone groups is 1. The third-order valence-electron chi connectivity index (χ3n) is 4.52. The lowest BCUT2D eigenvalue weighted by Gasteiger charge is -2.12. The lowest BCUT2D eigenvalue weighted by Crippen LogP contribution is -2.25. The maximum Gasteiger partial charge on any atom is 0.280 e. The molecule has 0 aliphatic rings. The van der Waals surface area contributed by atoms with Crippen molar-refractivity contribution in [3.05, 3.63) is 73.0 Å². The molecule has 3 rings (SSSR count). The maximum atomic E-state index is 12.8. The van der Waals surface area contributed by atoms with Crippen LogP contribution in [0.3, 0.4) is 0 Å². The Morgan fingerprint density at radius 2 is 1.94 bits per heavy atom. The summed E-state index contributed by atoms with van der Waals surface area (Å²) >= 11 is 6.75. The number of rotatable bonds is 7. The fourth-order valence-corrected chi connectivity index (χ4v) is 4.21. The van der Waals surface area contributed by atoms with Crippen LogP contribution in [0.25, 0.3) is 5.69 Å². The fourth-order valence-electron chi connectivity index (χ4n) is 2.90. The first-order chi connectivity index (χ1) is 14.8. The number of carbonyl (C=O) groups excluding carboxylic acids is 1. The second-order valence-corrected chi connectivity index (χ2v) is 8.25. The van der Waals surface area contributed by atoms with E-state index in [9.17, 15) is 9.59 Å². The average Bonchev–Trinajstić information content (AvgIpc) is 2.96. The van der Waals surface area contributed by atoms with E-state index in [1.807, 2.05) is 37.3 Å². The number of aromatic nitrogens is 2. The molecule has 0 spiro atoms. The molecule has 0 aliphatic heterocycles. The van der Waals surface area contributed by atoms with Gasteiger partial charge in [-0.2, -0.15) is 5.10 Å². The lowest BCUT2D eigenvalue weighted by molar-refractivity contribution is -0.123. The van der Waals surface area contributed by atoms with Gasteiger partial charge < -0.3 is 9.47 Å². The van der Waals surface area contributed by atoms with Gasteiger partial charge in [0, 0.05) is 17.2 Å². The SMILES string of the molecule is COc1cc(Br)cc(Br)c1OCC(=O)N/N=C\c1c(C)n(C)n(-c2ccccc2)c1=O. The monoisotopic (exact) mass is 550 g/mol. The van der Waals surface area contributed by atoms with Crippen LogP contribution in [-0.2, 0) is 11.8 Å². The average molecular weight is 552 g/mol. The highest BCUT2D eigenvalue weighted by Gasteiger charge is 2.15. The number of carbonyl (C=O) groups is 1. The molecule has 2 aromatic carbocycles. The lowest BCUT2D eigenvalue weighted by atomic mass is 10.3. The summed E-state index contributed by atoms with van der Waals surface area (Å²) in [5.74, 6) is 0.387. The second-order valence-electron chi connectivity index (χ2n) is 6.48. The molecule has 1 amide bonds. The predicted octanol–water partition coefficient (Wildman–Crippen LogP) is 3.55. The van der Waals surface area contributed by atoms with E-state index < -0.39 is 5.91 Å². The predicted molar refractivity (Wildman–Crippen MR) is 125 cm³/mol. The first kappa shape index (κ1) is 22.8. The van der Waals surface area contributed by atoms with Gasteiger partial charge in [0.05, 0.1) is 29.0 Å². The number of amides is 1. The van der Waals surface area contributed by atoms with E-state index in [2.05, 4.69) is 42.4 Å². The summed E-state index contributed by atoms with van der Waals surface area (Å²) in [6, 6.07) is 12.8. The van der Waals surface area contributed by atoms with Crippen LogP contribution >= 0.6 is 31.9 Å². The topological polar surface area (TPSA) is 86.8 Å². The zero-order valence-corrected chi connectivity index (χ0v) is 20.2. The number of ether oxygens (including phenoxy) is 2. The van der Waals surface area contributed by atoms with E-state index in [1.165, 1.54) is 13.3 Å². The Hall–Kier alpha value is -2.85. The molecule has 1 N–H and O–H groups in total. The van der Waals surface area contributed by atoms with Crippen LogP contribution in [0.15, 0.2) is 61.3 Å². The van der Waals surface area contributed by atoms with Crippen molar-refractivity contribution in [2.75, 3.05) is 13.7 Å². The van der Waals surface area contributed by atoms with Crippen LogP contribution in [0.5, 0.6) is 11.5 Å². The molecule has 0 bridgehead atoms. The van der Waals surface area contributed by atoms with Crippen molar-refractivity contribution in [1.82, 2.24) is 14.8 Å². The molecular formula is C21H20Br2N4O4. The molecule has 0 atom stereocenters. The summed E-state index contributed by atoms with van der Waals surface area (Å²) < 4.78 is 15.5. The summed E-state index contributed by atoms with van der Waals surface area (Å²) in [4.78, 5) is 25.0. The Morgan fingerprint density at radius 1 is 1.23 bits per heavy atom. The van der Waals surface area contributed by atoms with E-state index in [0.29, 0.717) is 27.2 Å². The van der Waals surface area contributed by atoms with Crippen LogP contribution < -0.4 is 20.5 Å². The summed E-state index contributed by atoms with van der Waals surface area (Å²) in [6.07, 6.45) is 1.34. The molecule has 0 radical (unpaired) electrons. The number of hydrogen-bond acceptors (Lipinski definition) is 5. The molecular weight excluding hydrogens is 532 g/mol. The minimum absolute atomic E-state index is 0.232. The molecule has 0 saturated carbocycles. The Bertz CT molecular complexity index is 1190. The van der Waals surface area contributed by atoms with Gasteiger partial charge >= 0.3 is 0 Å². The summed E-state index contributed by atoms with van der Waals surface area (Å²) in [6.45, 7) is 1.53. The van der Waals surface area contributed by atoms with E-state index in [4.69, 9.17) is 9.47 Å². The smallest absolute Gasteiger partial charge is 0.280 e. The molecule has 3 aromatic rings. The van der Waals surface area contributed by atoms with Gasteiger partial charge in [-0.25, -0.2) is 10.1 Å². The van der Waals surface area contributed by atoms with Crippen molar-refractivity contribution in [2.24, 2.45) is 12.1 Å². The van der Waals surface area contributed by atoms with Gasteiger partial charge in [0.15, 0.2) is 18.1 Å². The fraction of sp³-hybridized carbons (Fsp3) is 0.190. The Labute approximate surface area is 195 Å². The molecule has 0 saturated heterocycles. The highest BCUT2D eigenvalue weighted by molar-refractivity contribution is 9.11. The maximum absolute atomic E-state index is 12.8. The molecule has 1 heterocycles. The zero-order valence-electron chi connectivity index (χ0n) is 17.1. The Morgan fingerprint density at radius 3 is 2.61 bits per heavy atom. The van der Waals surface area contributed by atoms with Crippen LogP contribution in [0, 0.1) is 6.92 Å². The van der Waals surface area contributed by atoms with Gasteiger partial charge in [-0.15, -0.1) is 0 Å². The van der Waals surface area contributed by atoms with Crippen molar-refractivity contribution >= 4 is 44.0 Å². The molecule has 0 unspecified atom stereocenters. The molecule has 1 aromatic heterocycles. The largest absolute Gasteiger partial charge is 0.493 e. The van der Waals surface area contributed by atoms with Crippen molar-refractivity contribution in [1.29, 1.82) is 0 Å². The summed E-state index contributed by atoms with van der Waals surface area (Å²) in [7, 11) is 3.30. The number of methoxy groups -OCH3 is 1. The van der Waals surface area contributed by atoms with E-state index in [1.54, 1.807) is 28.5 Å². The van der Waals surface area contributed by atoms with Gasteiger partial charge in [0.25, 0.3) is 11.5 Å². The first-order valence-electron chi connectivity index (χ1n) is 9.15. The summed E-state index contributed by atoms with van der Waals surface area (Å²) in [5.41, 5.74) is 3.98. The number of halogens is 2. The highest BCUT2D eigenvalue weighted by atomic mass is 79.9. The third kappa shape index (κ3) is 5.08. The minimum atomic E-state index is -0.481. The normalized spacial score (nSPS) is 11.0. The van der Waals surface area contributed by atoms with E-state index in [0.717, 1.165) is 10.2 Å². The first-order valence-corrected chi connectivity index (χ1v) is 10.7. The quantitative estimate of drug-likeness (QED) is 0.359. The minimum Gasteiger partial charge on any atom is -0.493 e. The van der Waals surface area contributed by atoms with Gasteiger partial charge in [0.2, 0.25) is 0 Å². The van der Waals surface area contributed by atoms with Gasteiger partial charge in [-0.05, 0) is 47.1 Å². The molecule has 31 heavy (non-hydrogen) atoms. The number of para-hydroxylation sites is 1. The van der Waals surface area contributed by atoms with E-state index >= 15 is 0 Å². The van der Waals surface area contributed by atoms with Crippen LogP contribution in [0.1, 0.15) is 11.3 Å². The summed E-state index contributed by atoms with van der Waals surface area (Å²) in [5, 5.41) is 3.92. The van der Waals surface area contributed by atoms with Crippen LogP contribution in [0.2, 0.25) is 0 Å². The molecule has 0 fully saturated rings.